The summed E-state index contributed by atoms with van der Waals surface area (Å²) in [5.41, 5.74) is 6.02. The van der Waals surface area contributed by atoms with Crippen LogP contribution in [-0.4, -0.2) is 31.2 Å². The molecule has 9 nitrogen and oxygen atoms in total. The first-order chi connectivity index (χ1) is 19.6. The fourth-order valence-corrected chi connectivity index (χ4v) is 4.60. The van der Waals surface area contributed by atoms with Gasteiger partial charge in [0.15, 0.2) is 0 Å². The van der Waals surface area contributed by atoms with E-state index < -0.39 is 0 Å². The quantitative estimate of drug-likeness (QED) is 0.222. The van der Waals surface area contributed by atoms with Gasteiger partial charge in [-0.2, -0.15) is 5.21 Å². The maximum Gasteiger partial charge on any atom is 0.319 e. The summed E-state index contributed by atoms with van der Waals surface area (Å²) in [6.07, 6.45) is 2.83. The maximum atomic E-state index is 13.6. The third-order valence-electron chi connectivity index (χ3n) is 6.72. The van der Waals surface area contributed by atoms with Gasteiger partial charge in [0, 0.05) is 29.1 Å². The summed E-state index contributed by atoms with van der Waals surface area (Å²) in [5, 5.41) is 20.0. The topological polar surface area (TPSA) is 118 Å². The first-order valence-corrected chi connectivity index (χ1v) is 13.4. The van der Waals surface area contributed by atoms with Gasteiger partial charge in [-0.25, -0.2) is 4.79 Å². The molecule has 3 aromatic carbocycles. The molecule has 202 valence electrons. The number of pyridine rings is 1. The first-order valence-electron chi connectivity index (χ1n) is 13.4. The fourth-order valence-electron chi connectivity index (χ4n) is 4.60. The minimum atomic E-state index is -0.358. The number of rotatable bonds is 10. The highest BCUT2D eigenvalue weighted by atomic mass is 16.2. The summed E-state index contributed by atoms with van der Waals surface area (Å²) in [6, 6.07) is 28.8. The van der Waals surface area contributed by atoms with Crippen LogP contribution in [0.2, 0.25) is 0 Å². The van der Waals surface area contributed by atoms with E-state index >= 15 is 0 Å². The van der Waals surface area contributed by atoms with Gasteiger partial charge in [-0.3, -0.25) is 4.79 Å². The third-order valence-corrected chi connectivity index (χ3v) is 6.72. The van der Waals surface area contributed by atoms with Crippen molar-refractivity contribution in [2.75, 3.05) is 5.32 Å². The molecule has 2 aromatic heterocycles. The van der Waals surface area contributed by atoms with E-state index in [4.69, 9.17) is 0 Å². The molecule has 0 aliphatic heterocycles. The third kappa shape index (κ3) is 6.32. The van der Waals surface area contributed by atoms with Crippen LogP contribution in [0.15, 0.2) is 95.8 Å². The molecule has 0 spiro atoms. The molecule has 0 fully saturated rings. The molecule has 0 unspecified atom stereocenters. The summed E-state index contributed by atoms with van der Waals surface area (Å²) in [4.78, 5) is 25.9. The second-order valence-corrected chi connectivity index (χ2v) is 9.50. The van der Waals surface area contributed by atoms with Crippen molar-refractivity contribution in [3.05, 3.63) is 118 Å². The van der Waals surface area contributed by atoms with Gasteiger partial charge in [0.1, 0.15) is 0 Å². The van der Waals surface area contributed by atoms with Crippen LogP contribution in [-0.2, 0) is 19.5 Å². The van der Waals surface area contributed by atoms with Gasteiger partial charge in [0.05, 0.1) is 6.54 Å². The average molecular weight is 534 g/mol. The Morgan fingerprint density at radius 1 is 0.900 bits per heavy atom. The molecule has 0 bridgehead atoms. The number of unbranched alkanes of at least 4 members (excludes halogenated alkanes) is 1. The van der Waals surface area contributed by atoms with E-state index in [0.29, 0.717) is 23.6 Å². The van der Waals surface area contributed by atoms with Gasteiger partial charge in [0.2, 0.25) is 5.82 Å². The minimum Gasteiger partial charge on any atom is -0.334 e. The van der Waals surface area contributed by atoms with E-state index in [1.54, 1.807) is 0 Å². The van der Waals surface area contributed by atoms with Gasteiger partial charge in [0.25, 0.3) is 5.56 Å². The number of hydrogen-bond donors (Lipinski definition) is 3. The number of carbonyl (C=O) groups is 1. The van der Waals surface area contributed by atoms with Crippen molar-refractivity contribution < 1.29 is 4.79 Å². The Balaban J connectivity index is 1.35. The van der Waals surface area contributed by atoms with Gasteiger partial charge >= 0.3 is 6.03 Å². The Kier molecular flexibility index (Phi) is 8.41. The van der Waals surface area contributed by atoms with Crippen LogP contribution in [0.1, 0.15) is 36.6 Å². The summed E-state index contributed by atoms with van der Waals surface area (Å²) < 4.78 is 1.82. The predicted molar refractivity (Wildman–Crippen MR) is 156 cm³/mol. The number of para-hydroxylation sites is 1. The molecule has 0 saturated heterocycles. The molecule has 40 heavy (non-hydrogen) atoms. The Hall–Kier alpha value is -5.05. The van der Waals surface area contributed by atoms with E-state index in [9.17, 15) is 9.59 Å². The first kappa shape index (κ1) is 26.6. The summed E-state index contributed by atoms with van der Waals surface area (Å²) in [6.45, 7) is 2.71. The molecule has 3 N–H and O–H groups in total. The number of tetrazole rings is 1. The number of nitrogens with one attached hydrogen (secondary N) is 3. The Morgan fingerprint density at radius 2 is 1.65 bits per heavy atom. The molecule has 2 amide bonds. The molecule has 0 atom stereocenters. The van der Waals surface area contributed by atoms with Gasteiger partial charge in [-0.1, -0.05) is 80.1 Å². The van der Waals surface area contributed by atoms with Crippen molar-refractivity contribution in [3.63, 3.8) is 0 Å². The van der Waals surface area contributed by atoms with Crippen LogP contribution < -0.4 is 16.2 Å². The zero-order chi connectivity index (χ0) is 27.7. The highest BCUT2D eigenvalue weighted by molar-refractivity contribution is 5.89. The molecule has 9 heteroatoms. The number of hydrogen-bond acceptors (Lipinski definition) is 5. The van der Waals surface area contributed by atoms with Crippen LogP contribution in [0, 0.1) is 0 Å². The predicted octanol–water partition coefficient (Wildman–Crippen LogP) is 5.41. The van der Waals surface area contributed by atoms with Crippen LogP contribution in [0.4, 0.5) is 10.5 Å². The van der Waals surface area contributed by atoms with Crippen molar-refractivity contribution in [2.45, 2.75) is 39.3 Å². The lowest BCUT2D eigenvalue weighted by Crippen LogP contribution is -2.33. The second kappa shape index (κ2) is 12.7. The van der Waals surface area contributed by atoms with Crippen LogP contribution in [0.25, 0.3) is 22.5 Å². The van der Waals surface area contributed by atoms with Crippen molar-refractivity contribution in [2.24, 2.45) is 0 Å². The molecule has 0 saturated carbocycles. The summed E-state index contributed by atoms with van der Waals surface area (Å²) in [7, 11) is 0. The maximum absolute atomic E-state index is 13.6. The van der Waals surface area contributed by atoms with Crippen molar-refractivity contribution in [1.29, 1.82) is 0 Å². The second-order valence-electron chi connectivity index (χ2n) is 9.50. The van der Waals surface area contributed by atoms with Crippen molar-refractivity contribution in [1.82, 2.24) is 30.5 Å². The molecule has 5 aromatic rings. The number of amides is 2. The number of aromatic amines is 1. The largest absolute Gasteiger partial charge is 0.334 e. The van der Waals surface area contributed by atoms with E-state index in [-0.39, 0.29) is 18.1 Å². The number of anilines is 1. The lowest BCUT2D eigenvalue weighted by Gasteiger charge is -2.16. The summed E-state index contributed by atoms with van der Waals surface area (Å²) in [5.74, 6) is 0.537. The molecule has 0 aliphatic carbocycles. The number of aryl methyl sites for hydroxylation is 1. The molecular formula is C31H31N7O2. The number of nitrogens with zero attached hydrogens (tertiary/aromatic N) is 4. The minimum absolute atomic E-state index is 0.0971. The lowest BCUT2D eigenvalue weighted by atomic mass is 9.98. The van der Waals surface area contributed by atoms with E-state index in [1.165, 1.54) is 0 Å². The van der Waals surface area contributed by atoms with Crippen LogP contribution >= 0.6 is 0 Å². The fraction of sp³-hybridized carbons (Fsp3) is 0.194. The van der Waals surface area contributed by atoms with E-state index in [1.807, 2.05) is 95.6 Å². The zero-order valence-corrected chi connectivity index (χ0v) is 22.3. The highest BCUT2D eigenvalue weighted by Crippen LogP contribution is 2.29. The van der Waals surface area contributed by atoms with Gasteiger partial charge in [-0.15, -0.1) is 10.2 Å². The molecule has 0 radical (unpaired) electrons. The van der Waals surface area contributed by atoms with Crippen LogP contribution in [0.5, 0.6) is 0 Å². The van der Waals surface area contributed by atoms with Crippen LogP contribution in [0.3, 0.4) is 0 Å². The average Bonchev–Trinajstić information content (AvgIpc) is 3.53. The van der Waals surface area contributed by atoms with Gasteiger partial charge in [-0.05, 0) is 59.0 Å². The van der Waals surface area contributed by atoms with Gasteiger partial charge < -0.3 is 15.2 Å². The number of H-pyrrole nitrogens is 1. The zero-order valence-electron chi connectivity index (χ0n) is 22.3. The molecule has 5 rings (SSSR count). The van der Waals surface area contributed by atoms with Crippen molar-refractivity contribution >= 4 is 11.7 Å². The number of aromatic nitrogens is 5. The Bertz CT molecular complexity index is 1610. The summed E-state index contributed by atoms with van der Waals surface area (Å²) >= 11 is 0. The molecule has 0 aliphatic rings. The lowest BCUT2D eigenvalue weighted by molar-refractivity contribution is 0.251. The van der Waals surface area contributed by atoms with E-state index in [2.05, 4.69) is 38.2 Å². The molecular weight excluding hydrogens is 502 g/mol. The Labute approximate surface area is 232 Å². The molecule has 2 heterocycles. The Morgan fingerprint density at radius 3 is 2.38 bits per heavy atom. The monoisotopic (exact) mass is 533 g/mol. The van der Waals surface area contributed by atoms with E-state index in [0.717, 1.165) is 47.2 Å². The standard InChI is InChI=1S/C31H31N7O2/c1-2-3-11-26-19-18-24(20-32-31(40)33-25-9-5-4-6-10-25)30(39)38(26)21-22-14-16-23(17-15-22)27-12-7-8-13-28(27)29-34-36-37-35-29/h4-10,12-19H,2-3,11,20-21H2,1H3,(H2,32,33,40)(H,34,35,36,37). The smallest absolute Gasteiger partial charge is 0.319 e. The highest BCUT2D eigenvalue weighted by Gasteiger charge is 2.13. The number of benzene rings is 3. The van der Waals surface area contributed by atoms with Crippen molar-refractivity contribution in [3.8, 4) is 22.5 Å². The number of urea groups is 1. The SMILES string of the molecule is CCCCc1ccc(CNC(=O)Nc2ccccc2)c(=O)n1Cc1ccc(-c2ccccc2-c2nn[nH]n2)cc1. The normalized spacial score (nSPS) is 10.8. The number of carbonyl (C=O) groups excluding carboxylic acids is 1.